The third kappa shape index (κ3) is 3.62. The summed E-state index contributed by atoms with van der Waals surface area (Å²) in [7, 11) is 0. The number of phenols is 1. The molecule has 1 atom stereocenters. The predicted molar refractivity (Wildman–Crippen MR) is 108 cm³/mol. The Balaban J connectivity index is 1.82. The molecular formula is C23H24O5. The van der Waals surface area contributed by atoms with Gasteiger partial charge in [-0.3, -0.25) is 0 Å². The Labute approximate surface area is 163 Å². The molecule has 0 amide bonds. The summed E-state index contributed by atoms with van der Waals surface area (Å²) in [6.07, 6.45) is 4.02. The minimum atomic E-state index is -0.665. The summed E-state index contributed by atoms with van der Waals surface area (Å²) < 4.78 is 11.5. The van der Waals surface area contributed by atoms with Crippen molar-refractivity contribution in [3.63, 3.8) is 0 Å². The van der Waals surface area contributed by atoms with Crippen molar-refractivity contribution in [2.24, 2.45) is 0 Å². The van der Waals surface area contributed by atoms with E-state index in [0.717, 1.165) is 31.1 Å². The minimum absolute atomic E-state index is 0.0580. The second-order valence-corrected chi connectivity index (χ2v) is 7.49. The Morgan fingerprint density at radius 1 is 1.14 bits per heavy atom. The highest BCUT2D eigenvalue weighted by atomic mass is 16.5. The molecule has 1 fully saturated rings. The van der Waals surface area contributed by atoms with Gasteiger partial charge < -0.3 is 19.4 Å². The van der Waals surface area contributed by atoms with E-state index in [0.29, 0.717) is 28.0 Å². The molecule has 146 valence electrons. The first-order valence-corrected chi connectivity index (χ1v) is 9.76. The highest BCUT2D eigenvalue weighted by Gasteiger charge is 2.20. The van der Waals surface area contributed by atoms with Crippen LogP contribution in [0.25, 0.3) is 21.9 Å². The van der Waals surface area contributed by atoms with Crippen molar-refractivity contribution in [3.05, 3.63) is 58.6 Å². The molecule has 1 heterocycles. The lowest BCUT2D eigenvalue weighted by Gasteiger charge is -2.16. The van der Waals surface area contributed by atoms with E-state index in [2.05, 4.69) is 0 Å². The molecule has 1 unspecified atom stereocenters. The summed E-state index contributed by atoms with van der Waals surface area (Å²) in [5.74, 6) is 0.930. The number of hydrogen-bond acceptors (Lipinski definition) is 5. The van der Waals surface area contributed by atoms with Crippen LogP contribution in [0.15, 0.2) is 51.7 Å². The number of aromatic hydroxyl groups is 1. The second kappa shape index (κ2) is 7.68. The van der Waals surface area contributed by atoms with Gasteiger partial charge in [-0.1, -0.05) is 24.3 Å². The Morgan fingerprint density at radius 2 is 1.86 bits per heavy atom. The Hall–Kier alpha value is -2.79. The van der Waals surface area contributed by atoms with Gasteiger partial charge in [-0.05, 0) is 56.4 Å². The summed E-state index contributed by atoms with van der Waals surface area (Å²) >= 11 is 0. The highest BCUT2D eigenvalue weighted by molar-refractivity contribution is 5.97. The summed E-state index contributed by atoms with van der Waals surface area (Å²) in [6.45, 7) is 1.65. The van der Waals surface area contributed by atoms with Gasteiger partial charge in [0.05, 0.1) is 17.6 Å². The number of aliphatic hydroxyl groups is 1. The number of phenolic OH excluding ortho intramolecular Hbond substituents is 1. The van der Waals surface area contributed by atoms with Crippen molar-refractivity contribution in [2.45, 2.75) is 51.2 Å². The van der Waals surface area contributed by atoms with Crippen LogP contribution in [0.2, 0.25) is 0 Å². The number of fused-ring (bicyclic) bond motifs is 1. The molecule has 5 nitrogen and oxygen atoms in total. The number of aliphatic hydroxyl groups excluding tert-OH is 1. The average Bonchev–Trinajstić information content (AvgIpc) is 3.17. The quantitative estimate of drug-likeness (QED) is 0.685. The maximum Gasteiger partial charge on any atom is 0.343 e. The lowest BCUT2D eigenvalue weighted by Crippen LogP contribution is -2.11. The van der Waals surface area contributed by atoms with Crippen molar-refractivity contribution >= 4 is 10.8 Å². The average molecular weight is 380 g/mol. The molecule has 0 bridgehead atoms. The largest absolute Gasteiger partial charge is 0.504 e. The summed E-state index contributed by atoms with van der Waals surface area (Å²) in [4.78, 5) is 12.4. The molecule has 28 heavy (non-hydrogen) atoms. The van der Waals surface area contributed by atoms with Crippen LogP contribution in [0.4, 0.5) is 0 Å². The van der Waals surface area contributed by atoms with Crippen LogP contribution in [0.1, 0.15) is 38.4 Å². The Morgan fingerprint density at radius 3 is 2.54 bits per heavy atom. The number of rotatable bonds is 5. The van der Waals surface area contributed by atoms with Crippen LogP contribution in [0, 0.1) is 0 Å². The van der Waals surface area contributed by atoms with E-state index < -0.39 is 11.7 Å². The van der Waals surface area contributed by atoms with E-state index >= 15 is 0 Å². The first-order chi connectivity index (χ1) is 13.5. The SMILES string of the molecule is CC(O)Cc1oc(=O)c2ccccc2c1-c1ccc(OC2CCCC2)c(O)c1. The zero-order valence-electron chi connectivity index (χ0n) is 15.9. The van der Waals surface area contributed by atoms with Gasteiger partial charge in [-0.2, -0.15) is 0 Å². The van der Waals surface area contributed by atoms with Crippen molar-refractivity contribution in [1.29, 1.82) is 0 Å². The van der Waals surface area contributed by atoms with Gasteiger partial charge in [0.25, 0.3) is 0 Å². The third-order valence-electron chi connectivity index (χ3n) is 5.24. The van der Waals surface area contributed by atoms with Gasteiger partial charge in [-0.25, -0.2) is 4.79 Å². The minimum Gasteiger partial charge on any atom is -0.504 e. The molecule has 2 N–H and O–H groups in total. The van der Waals surface area contributed by atoms with E-state index in [1.165, 1.54) is 0 Å². The van der Waals surface area contributed by atoms with Crippen LogP contribution >= 0.6 is 0 Å². The van der Waals surface area contributed by atoms with E-state index in [1.807, 2.05) is 18.2 Å². The van der Waals surface area contributed by atoms with Crippen molar-refractivity contribution in [1.82, 2.24) is 0 Å². The standard InChI is InChI=1S/C23H24O5/c1-14(24)12-21-22(17-8-4-5-9-18(17)23(26)28-21)15-10-11-20(19(25)13-15)27-16-6-2-3-7-16/h4-5,8-11,13-14,16,24-25H,2-3,6-7,12H2,1H3. The topological polar surface area (TPSA) is 79.9 Å². The van der Waals surface area contributed by atoms with Crippen molar-refractivity contribution < 1.29 is 19.4 Å². The molecule has 1 aromatic heterocycles. The first-order valence-electron chi connectivity index (χ1n) is 9.76. The van der Waals surface area contributed by atoms with Gasteiger partial charge in [0, 0.05) is 17.4 Å². The summed E-state index contributed by atoms with van der Waals surface area (Å²) in [6, 6.07) is 12.5. The van der Waals surface area contributed by atoms with Crippen LogP contribution in [0.5, 0.6) is 11.5 Å². The van der Waals surface area contributed by atoms with Gasteiger partial charge in [0.15, 0.2) is 11.5 Å². The maximum atomic E-state index is 12.4. The Bertz CT molecular complexity index is 1040. The van der Waals surface area contributed by atoms with Crippen LogP contribution in [0.3, 0.4) is 0 Å². The van der Waals surface area contributed by atoms with Gasteiger partial charge in [-0.15, -0.1) is 0 Å². The molecule has 0 aliphatic heterocycles. The van der Waals surface area contributed by atoms with E-state index in [1.54, 1.807) is 31.2 Å². The molecule has 1 saturated carbocycles. The van der Waals surface area contributed by atoms with Crippen LogP contribution < -0.4 is 10.4 Å². The fourth-order valence-corrected chi connectivity index (χ4v) is 3.93. The van der Waals surface area contributed by atoms with Crippen LogP contribution in [-0.2, 0) is 6.42 Å². The molecule has 1 aliphatic carbocycles. The lowest BCUT2D eigenvalue weighted by atomic mass is 9.96. The van der Waals surface area contributed by atoms with E-state index in [-0.39, 0.29) is 18.3 Å². The summed E-state index contributed by atoms with van der Waals surface area (Å²) in [5, 5.41) is 21.6. The lowest BCUT2D eigenvalue weighted by molar-refractivity contribution is 0.186. The van der Waals surface area contributed by atoms with E-state index in [4.69, 9.17) is 9.15 Å². The molecule has 5 heteroatoms. The summed E-state index contributed by atoms with van der Waals surface area (Å²) in [5.41, 5.74) is 0.992. The van der Waals surface area contributed by atoms with Gasteiger partial charge in [0.2, 0.25) is 0 Å². The monoisotopic (exact) mass is 380 g/mol. The zero-order valence-corrected chi connectivity index (χ0v) is 15.9. The number of benzene rings is 2. The number of ether oxygens (including phenoxy) is 1. The molecule has 0 spiro atoms. The number of hydrogen-bond donors (Lipinski definition) is 2. The van der Waals surface area contributed by atoms with Crippen LogP contribution in [-0.4, -0.2) is 22.4 Å². The predicted octanol–water partition coefficient (Wildman–Crippen LogP) is 4.41. The fraction of sp³-hybridized carbons (Fsp3) is 0.348. The van der Waals surface area contributed by atoms with Gasteiger partial charge >= 0.3 is 5.63 Å². The highest BCUT2D eigenvalue weighted by Crippen LogP contribution is 2.38. The van der Waals surface area contributed by atoms with Gasteiger partial charge in [0.1, 0.15) is 5.76 Å². The maximum absolute atomic E-state index is 12.4. The first kappa shape index (κ1) is 18.6. The van der Waals surface area contributed by atoms with Crippen molar-refractivity contribution in [2.75, 3.05) is 0 Å². The zero-order chi connectivity index (χ0) is 19.7. The second-order valence-electron chi connectivity index (χ2n) is 7.49. The van der Waals surface area contributed by atoms with Crippen molar-refractivity contribution in [3.8, 4) is 22.6 Å². The molecule has 2 aromatic carbocycles. The normalized spacial score (nSPS) is 15.8. The fourth-order valence-electron chi connectivity index (χ4n) is 3.93. The van der Waals surface area contributed by atoms with E-state index in [9.17, 15) is 15.0 Å². The third-order valence-corrected chi connectivity index (χ3v) is 5.24. The molecule has 1 aliphatic rings. The molecule has 4 rings (SSSR count). The smallest absolute Gasteiger partial charge is 0.343 e. The molecular weight excluding hydrogens is 356 g/mol. The molecule has 0 radical (unpaired) electrons. The Kier molecular flexibility index (Phi) is 5.09. The molecule has 0 saturated heterocycles. The molecule has 3 aromatic rings.